The average molecular weight is 727 g/mol. The first-order chi connectivity index (χ1) is 23.6. The second-order valence-electron chi connectivity index (χ2n) is 17.4. The lowest BCUT2D eigenvalue weighted by Crippen LogP contribution is -2.61. The van der Waals surface area contributed by atoms with E-state index in [4.69, 9.17) is 0 Å². The van der Waals surface area contributed by atoms with Crippen LogP contribution in [0.1, 0.15) is 100.0 Å². The molecule has 1 unspecified atom stereocenters. The van der Waals surface area contributed by atoms with E-state index in [1.807, 2.05) is 48.5 Å². The minimum atomic E-state index is -3.74. The second kappa shape index (κ2) is 14.9. The van der Waals surface area contributed by atoms with Crippen molar-refractivity contribution in [3.8, 4) is 0 Å². The summed E-state index contributed by atoms with van der Waals surface area (Å²) in [6.07, 6.45) is 2.93. The van der Waals surface area contributed by atoms with E-state index >= 15 is 0 Å². The highest BCUT2D eigenvalue weighted by Crippen LogP contribution is 2.65. The normalized spacial score (nSPS) is 23.7. The first-order valence-electron chi connectivity index (χ1n) is 18.2. The molecule has 2 heterocycles. The summed E-state index contributed by atoms with van der Waals surface area (Å²) in [5, 5.41) is 5.86. The number of rotatable bonds is 15. The van der Waals surface area contributed by atoms with E-state index in [1.165, 1.54) is 4.31 Å². The van der Waals surface area contributed by atoms with Crippen LogP contribution in [-0.2, 0) is 35.7 Å². The summed E-state index contributed by atoms with van der Waals surface area (Å²) in [5.41, 5.74) is -0.756. The molecule has 3 aliphatic rings. The quantitative estimate of drug-likeness (QED) is 0.184. The number of ketones is 3. The van der Waals surface area contributed by atoms with Crippen LogP contribution < -0.4 is 10.6 Å². The molecular formula is C39H58N4O7S. The first-order valence-corrected chi connectivity index (χ1v) is 19.7. The Kier molecular flexibility index (Phi) is 11.8. The Balaban J connectivity index is 1.53. The van der Waals surface area contributed by atoms with Gasteiger partial charge in [-0.1, -0.05) is 93.0 Å². The lowest BCUT2D eigenvalue weighted by Gasteiger charge is -2.39. The molecule has 6 atom stereocenters. The summed E-state index contributed by atoms with van der Waals surface area (Å²) in [7, 11) is -3.74. The Hall–Kier alpha value is -3.38. The minimum Gasteiger partial charge on any atom is -0.334 e. The van der Waals surface area contributed by atoms with E-state index in [9.17, 15) is 32.4 Å². The number of hydrogen-bond donors (Lipinski definition) is 2. The van der Waals surface area contributed by atoms with Crippen molar-refractivity contribution in [3.63, 3.8) is 0 Å². The predicted octanol–water partition coefficient (Wildman–Crippen LogP) is 5.28. The fourth-order valence-electron chi connectivity index (χ4n) is 7.85. The zero-order chi connectivity index (χ0) is 38.3. The van der Waals surface area contributed by atoms with Crippen molar-refractivity contribution < 1.29 is 32.4 Å². The maximum absolute atomic E-state index is 14.5. The van der Waals surface area contributed by atoms with Gasteiger partial charge < -0.3 is 15.5 Å². The van der Waals surface area contributed by atoms with Crippen molar-refractivity contribution in [3.05, 3.63) is 42.5 Å². The van der Waals surface area contributed by atoms with Gasteiger partial charge in [-0.15, -0.1) is 6.58 Å². The zero-order valence-corrected chi connectivity index (χ0v) is 32.7. The van der Waals surface area contributed by atoms with Gasteiger partial charge in [0.05, 0.1) is 10.9 Å². The number of benzene rings is 1. The highest BCUT2D eigenvalue weighted by Gasteiger charge is 2.69. The molecule has 0 radical (unpaired) electrons. The summed E-state index contributed by atoms with van der Waals surface area (Å²) in [6.45, 7) is 21.5. The maximum atomic E-state index is 14.5. The molecule has 1 saturated carbocycles. The number of Topliss-reactive ketones (excluding diaryl/α,β-unsaturated/α-hetero) is 3. The molecule has 0 spiro atoms. The van der Waals surface area contributed by atoms with Gasteiger partial charge in [0.1, 0.15) is 6.04 Å². The van der Waals surface area contributed by atoms with E-state index < -0.39 is 62.5 Å². The molecule has 51 heavy (non-hydrogen) atoms. The van der Waals surface area contributed by atoms with Gasteiger partial charge in [-0.05, 0) is 52.6 Å². The van der Waals surface area contributed by atoms with Gasteiger partial charge in [-0.3, -0.25) is 19.2 Å². The van der Waals surface area contributed by atoms with Gasteiger partial charge in [0.2, 0.25) is 21.7 Å². The molecule has 3 amide bonds. The number of piperidine rings is 1. The third kappa shape index (κ3) is 8.48. The molecule has 1 aromatic carbocycles. The Labute approximate surface area is 304 Å². The fraction of sp³-hybridized carbons (Fsp3) is 0.667. The van der Waals surface area contributed by atoms with Gasteiger partial charge in [0.25, 0.3) is 0 Å². The van der Waals surface area contributed by atoms with Crippen LogP contribution in [0.2, 0.25) is 0 Å². The molecule has 1 saturated heterocycles. The Morgan fingerprint density at radius 3 is 2.24 bits per heavy atom. The number of nitrogens with zero attached hydrogens (tertiary/aromatic N) is 2. The molecule has 12 heteroatoms. The molecule has 282 valence electrons. The molecule has 0 bridgehead atoms. The van der Waals surface area contributed by atoms with Gasteiger partial charge in [-0.25, -0.2) is 13.2 Å². The lowest BCUT2D eigenvalue weighted by molar-refractivity contribution is -0.144. The predicted molar refractivity (Wildman–Crippen MR) is 196 cm³/mol. The summed E-state index contributed by atoms with van der Waals surface area (Å²) in [6, 6.07) is 3.86. The summed E-state index contributed by atoms with van der Waals surface area (Å²) >= 11 is 0. The Morgan fingerprint density at radius 1 is 1.02 bits per heavy atom. The third-order valence-corrected chi connectivity index (χ3v) is 13.1. The van der Waals surface area contributed by atoms with Crippen LogP contribution in [0.5, 0.6) is 0 Å². The number of hydrogen-bond acceptors (Lipinski definition) is 7. The van der Waals surface area contributed by atoms with Gasteiger partial charge in [0.15, 0.2) is 11.6 Å². The molecule has 2 N–H and O–H groups in total. The second-order valence-corrected chi connectivity index (χ2v) is 19.3. The fourth-order valence-corrected chi connectivity index (χ4v) is 9.50. The number of sulfonamides is 1. The van der Waals surface area contributed by atoms with E-state index in [1.54, 1.807) is 35.2 Å². The van der Waals surface area contributed by atoms with E-state index in [0.29, 0.717) is 31.4 Å². The van der Waals surface area contributed by atoms with Crippen molar-refractivity contribution in [1.29, 1.82) is 0 Å². The van der Waals surface area contributed by atoms with Crippen LogP contribution in [0, 0.1) is 34.0 Å². The molecule has 2 fully saturated rings. The standard InChI is InChI=1S/C39H58N4O7S/c1-11-13-18-27(44)33(46)24(16-12-2)20-28(45)32-31-26(39(31,9)10)22-43(32)35(47)34(38(6,7)8)41-36(48)40-30(37(3,4)5)23-42-21-25-17-14-15-19-29(25)51(42,49)50/h11,14-15,17,19,24,26,30-32,34H,1,12-13,16,18,20-23H2,2-10H3,(H2,40,41,48)/t24?,26-,30+,31-,32+,34+/m0/s1. The van der Waals surface area contributed by atoms with Crippen LogP contribution >= 0.6 is 0 Å². The monoisotopic (exact) mass is 726 g/mol. The largest absolute Gasteiger partial charge is 0.334 e. The van der Waals surface area contributed by atoms with Crippen LogP contribution in [0.15, 0.2) is 41.8 Å². The number of carbonyl (C=O) groups is 5. The first kappa shape index (κ1) is 40.4. The molecule has 2 aliphatic heterocycles. The van der Waals surface area contributed by atoms with Crippen LogP contribution in [0.25, 0.3) is 0 Å². The van der Waals surface area contributed by atoms with Gasteiger partial charge >= 0.3 is 6.03 Å². The number of likely N-dealkylation sites (tertiary alicyclic amines) is 1. The van der Waals surface area contributed by atoms with Crippen molar-refractivity contribution in [2.75, 3.05) is 13.1 Å². The number of allylic oxidation sites excluding steroid dienone is 1. The number of fused-ring (bicyclic) bond motifs is 2. The number of nitrogens with one attached hydrogen (secondary N) is 2. The number of amides is 3. The lowest BCUT2D eigenvalue weighted by atomic mass is 9.83. The SMILES string of the molecule is C=CCCC(=O)C(=O)C(CCC)CC(=O)[C@@H]1[C@@H]2[C@H](CN1C(=O)[C@@H](NC(=O)N[C@H](CN1Cc3ccccc3S1(=O)=O)C(C)(C)C)C(C)(C)C)C2(C)C. The van der Waals surface area contributed by atoms with Crippen molar-refractivity contribution in [2.45, 2.75) is 124 Å². The average Bonchev–Trinajstić information content (AvgIpc) is 3.30. The maximum Gasteiger partial charge on any atom is 0.315 e. The summed E-state index contributed by atoms with van der Waals surface area (Å²) in [4.78, 5) is 70.0. The molecule has 11 nitrogen and oxygen atoms in total. The Morgan fingerprint density at radius 2 is 1.67 bits per heavy atom. The van der Waals surface area contributed by atoms with E-state index in [-0.39, 0.29) is 59.8 Å². The summed E-state index contributed by atoms with van der Waals surface area (Å²) in [5.74, 6) is -2.41. The number of urea groups is 1. The molecular weight excluding hydrogens is 669 g/mol. The minimum absolute atomic E-state index is 0.0386. The van der Waals surface area contributed by atoms with Gasteiger partial charge in [0, 0.05) is 44.4 Å². The highest BCUT2D eigenvalue weighted by atomic mass is 32.2. The Bertz CT molecular complexity index is 1660. The highest BCUT2D eigenvalue weighted by molar-refractivity contribution is 7.89. The van der Waals surface area contributed by atoms with Crippen molar-refractivity contribution >= 4 is 39.3 Å². The number of carbonyl (C=O) groups excluding carboxylic acids is 5. The van der Waals surface area contributed by atoms with Gasteiger partial charge in [-0.2, -0.15) is 4.31 Å². The molecule has 1 aromatic rings. The summed E-state index contributed by atoms with van der Waals surface area (Å²) < 4.78 is 28.0. The van der Waals surface area contributed by atoms with Crippen LogP contribution in [-0.4, -0.2) is 78.1 Å². The van der Waals surface area contributed by atoms with Crippen molar-refractivity contribution in [2.24, 2.45) is 34.0 Å². The van der Waals surface area contributed by atoms with E-state index in [0.717, 1.165) is 0 Å². The van der Waals surface area contributed by atoms with E-state index in [2.05, 4.69) is 31.1 Å². The third-order valence-electron chi connectivity index (χ3n) is 11.2. The van der Waals surface area contributed by atoms with Crippen LogP contribution in [0.3, 0.4) is 0 Å². The van der Waals surface area contributed by atoms with Crippen molar-refractivity contribution in [1.82, 2.24) is 19.8 Å². The zero-order valence-electron chi connectivity index (χ0n) is 31.9. The molecule has 4 rings (SSSR count). The smallest absolute Gasteiger partial charge is 0.315 e. The van der Waals surface area contributed by atoms with Crippen LogP contribution in [0.4, 0.5) is 4.79 Å². The topological polar surface area (TPSA) is 150 Å². The molecule has 0 aromatic heterocycles. The molecule has 1 aliphatic carbocycles.